The number of rotatable bonds is 5. The number of thioether (sulfide) groups is 1. The highest BCUT2D eigenvalue weighted by Gasteiger charge is 2.32. The van der Waals surface area contributed by atoms with Gasteiger partial charge in [0, 0.05) is 27.0 Å². The lowest BCUT2D eigenvalue weighted by molar-refractivity contribution is -0.118. The molecule has 28 heavy (non-hydrogen) atoms. The first-order valence-corrected chi connectivity index (χ1v) is 10.2. The summed E-state index contributed by atoms with van der Waals surface area (Å²) in [7, 11) is 0. The third-order valence-electron chi connectivity index (χ3n) is 3.96. The average molecular weight is 481 g/mol. The van der Waals surface area contributed by atoms with Gasteiger partial charge in [-0.05, 0) is 48.9 Å². The molecule has 1 fully saturated rings. The van der Waals surface area contributed by atoms with E-state index in [-0.39, 0.29) is 23.9 Å². The maximum absolute atomic E-state index is 12.4. The summed E-state index contributed by atoms with van der Waals surface area (Å²) >= 11 is 10.4. The number of phenols is 1. The van der Waals surface area contributed by atoms with Gasteiger partial charge in [0.2, 0.25) is 5.91 Å². The van der Waals surface area contributed by atoms with Gasteiger partial charge in [0.15, 0.2) is 11.0 Å². The molecule has 0 aliphatic carbocycles. The Morgan fingerprint density at radius 1 is 1.36 bits per heavy atom. The van der Waals surface area contributed by atoms with Crippen molar-refractivity contribution in [3.63, 3.8) is 0 Å². The summed E-state index contributed by atoms with van der Waals surface area (Å²) in [5.74, 6) is -0.364. The number of hydrogen-bond donors (Lipinski definition) is 2. The van der Waals surface area contributed by atoms with Gasteiger partial charge in [-0.1, -0.05) is 39.3 Å². The molecule has 3 rings (SSSR count). The molecule has 1 saturated heterocycles. The maximum Gasteiger partial charge on any atom is 0.240 e. The molecule has 0 radical (unpaired) electrons. The number of carbonyl (C=O) groups is 2. The molecule has 144 valence electrons. The molecule has 1 atom stereocenters. The lowest BCUT2D eigenvalue weighted by Crippen LogP contribution is -2.26. The van der Waals surface area contributed by atoms with Crippen LogP contribution in [0.3, 0.4) is 0 Å². The molecular weight excluding hydrogens is 466 g/mol. The van der Waals surface area contributed by atoms with Gasteiger partial charge in [0.05, 0.1) is 11.5 Å². The number of phenolic OH excluding ortho intramolecular Hbond substituents is 1. The largest absolute Gasteiger partial charge is 0.507 e. The van der Waals surface area contributed by atoms with E-state index >= 15 is 0 Å². The van der Waals surface area contributed by atoms with Crippen LogP contribution in [-0.2, 0) is 4.79 Å². The molecule has 6 nitrogen and oxygen atoms in total. The zero-order valence-electron chi connectivity index (χ0n) is 14.6. The lowest BCUT2D eigenvalue weighted by atomic mass is 10.0. The fourth-order valence-electron chi connectivity index (χ4n) is 2.46. The van der Waals surface area contributed by atoms with Crippen LogP contribution in [0.1, 0.15) is 27.9 Å². The highest BCUT2D eigenvalue weighted by molar-refractivity contribution is 9.10. The van der Waals surface area contributed by atoms with Crippen molar-refractivity contribution in [2.24, 2.45) is 10.2 Å². The van der Waals surface area contributed by atoms with E-state index in [9.17, 15) is 14.7 Å². The number of nitrogens with one attached hydrogen (secondary N) is 1. The molecule has 2 aromatic carbocycles. The van der Waals surface area contributed by atoms with Gasteiger partial charge in [-0.2, -0.15) is 5.10 Å². The van der Waals surface area contributed by atoms with Crippen LogP contribution in [0.5, 0.6) is 5.75 Å². The Kier molecular flexibility index (Phi) is 6.53. The molecule has 2 N–H and O–H groups in total. The first-order valence-electron chi connectivity index (χ1n) is 8.20. The van der Waals surface area contributed by atoms with Crippen molar-refractivity contribution in [1.29, 1.82) is 0 Å². The molecule has 1 heterocycles. The molecule has 9 heteroatoms. The predicted octanol–water partition coefficient (Wildman–Crippen LogP) is 4.31. The number of ketones is 1. The molecule has 1 unspecified atom stereocenters. The summed E-state index contributed by atoms with van der Waals surface area (Å²) in [6, 6.07) is 9.96. The second-order valence-electron chi connectivity index (χ2n) is 6.04. The number of amidine groups is 1. The molecule has 1 amide bonds. The zero-order chi connectivity index (χ0) is 20.3. The van der Waals surface area contributed by atoms with Gasteiger partial charge < -0.3 is 10.4 Å². The number of hydrogen-bond acceptors (Lipinski definition) is 6. The van der Waals surface area contributed by atoms with Crippen LogP contribution in [0, 0.1) is 6.92 Å². The average Bonchev–Trinajstić information content (AvgIpc) is 2.99. The second kappa shape index (κ2) is 8.89. The van der Waals surface area contributed by atoms with Gasteiger partial charge >= 0.3 is 0 Å². The maximum atomic E-state index is 12.4. The minimum atomic E-state index is -0.572. The molecule has 1 aliphatic rings. The third-order valence-corrected chi connectivity index (χ3v) is 5.95. The number of amides is 1. The number of benzene rings is 2. The van der Waals surface area contributed by atoms with Crippen molar-refractivity contribution >= 4 is 62.4 Å². The van der Waals surface area contributed by atoms with Crippen LogP contribution < -0.4 is 5.32 Å². The van der Waals surface area contributed by atoms with E-state index in [0.717, 1.165) is 21.8 Å². The number of halogens is 2. The summed E-state index contributed by atoms with van der Waals surface area (Å²) in [4.78, 5) is 24.6. The summed E-state index contributed by atoms with van der Waals surface area (Å²) < 4.78 is 0.791. The Morgan fingerprint density at radius 2 is 2.14 bits per heavy atom. The molecule has 0 aromatic heterocycles. The highest BCUT2D eigenvalue weighted by Crippen LogP contribution is 2.25. The minimum Gasteiger partial charge on any atom is -0.507 e. The van der Waals surface area contributed by atoms with Crippen LogP contribution in [0.25, 0.3) is 0 Å². The van der Waals surface area contributed by atoms with Crippen LogP contribution in [-0.4, -0.2) is 33.4 Å². The van der Waals surface area contributed by atoms with Crippen molar-refractivity contribution in [2.75, 3.05) is 0 Å². The summed E-state index contributed by atoms with van der Waals surface area (Å²) in [6.45, 7) is 1.82. The first-order chi connectivity index (χ1) is 13.3. The van der Waals surface area contributed by atoms with Crippen LogP contribution in [0.15, 0.2) is 51.1 Å². The Labute approximate surface area is 179 Å². The second-order valence-corrected chi connectivity index (χ2v) is 8.55. The normalized spacial score (nSPS) is 18.0. The molecule has 0 spiro atoms. The molecule has 1 aliphatic heterocycles. The number of Topliss-reactive ketones (excluding diaryl/α,β-unsaturated/α-hetero) is 1. The molecule has 0 bridgehead atoms. The van der Waals surface area contributed by atoms with E-state index in [1.807, 2.05) is 6.92 Å². The van der Waals surface area contributed by atoms with Crippen LogP contribution >= 0.6 is 39.3 Å². The van der Waals surface area contributed by atoms with Crippen LogP contribution in [0.4, 0.5) is 0 Å². The topological polar surface area (TPSA) is 91.1 Å². The highest BCUT2D eigenvalue weighted by atomic mass is 79.9. The SMILES string of the molecule is Cc1cc(C(=O)CC2S/C(=N\N=C\c3cc(Br)ccc3O)NC2=O)ccc1Cl. The number of nitrogens with zero attached hydrogens (tertiary/aromatic N) is 2. The fourth-order valence-corrected chi connectivity index (χ4v) is 3.88. The van der Waals surface area contributed by atoms with Crippen molar-refractivity contribution < 1.29 is 14.7 Å². The predicted molar refractivity (Wildman–Crippen MR) is 115 cm³/mol. The lowest BCUT2D eigenvalue weighted by Gasteiger charge is -2.06. The molecule has 2 aromatic rings. The summed E-state index contributed by atoms with van der Waals surface area (Å²) in [5, 5.41) is 20.6. The number of aryl methyl sites for hydroxylation is 1. The van der Waals surface area contributed by atoms with Gasteiger partial charge in [0.25, 0.3) is 0 Å². The van der Waals surface area contributed by atoms with Crippen molar-refractivity contribution in [3.05, 3.63) is 62.6 Å². The Hall–Kier alpha value is -2.16. The standard InChI is InChI=1S/C19H15BrClN3O3S/c1-10-6-11(2-4-14(10)21)16(26)8-17-18(27)23-19(28-17)24-22-9-12-7-13(20)3-5-15(12)25/h2-7,9,17,25H,8H2,1H3,(H,23,24,27)/b22-9+. The third kappa shape index (κ3) is 5.01. The summed E-state index contributed by atoms with van der Waals surface area (Å²) in [6.07, 6.45) is 1.43. The summed E-state index contributed by atoms with van der Waals surface area (Å²) in [5.41, 5.74) is 1.81. The van der Waals surface area contributed by atoms with Gasteiger partial charge in [-0.3, -0.25) is 9.59 Å². The van der Waals surface area contributed by atoms with Gasteiger partial charge in [0.1, 0.15) is 5.75 Å². The van der Waals surface area contributed by atoms with E-state index in [2.05, 4.69) is 31.4 Å². The van der Waals surface area contributed by atoms with Crippen LogP contribution in [0.2, 0.25) is 5.02 Å². The van der Waals surface area contributed by atoms with Crippen molar-refractivity contribution in [2.45, 2.75) is 18.6 Å². The van der Waals surface area contributed by atoms with E-state index in [1.165, 1.54) is 12.3 Å². The van der Waals surface area contributed by atoms with Crippen molar-refractivity contribution in [1.82, 2.24) is 5.32 Å². The molecule has 0 saturated carbocycles. The number of aromatic hydroxyl groups is 1. The van der Waals surface area contributed by atoms with Gasteiger partial charge in [-0.15, -0.1) is 5.10 Å². The monoisotopic (exact) mass is 479 g/mol. The zero-order valence-corrected chi connectivity index (χ0v) is 17.8. The van der Waals surface area contributed by atoms with Gasteiger partial charge in [-0.25, -0.2) is 0 Å². The van der Waals surface area contributed by atoms with E-state index in [0.29, 0.717) is 21.3 Å². The fraction of sp³-hybridized carbons (Fsp3) is 0.158. The smallest absolute Gasteiger partial charge is 0.240 e. The molecular formula is C19H15BrClN3O3S. The first kappa shape index (κ1) is 20.6. The Morgan fingerprint density at radius 3 is 2.89 bits per heavy atom. The minimum absolute atomic E-state index is 0.0483. The van der Waals surface area contributed by atoms with E-state index < -0.39 is 5.25 Å². The van der Waals surface area contributed by atoms with Crippen molar-refractivity contribution in [3.8, 4) is 5.75 Å². The van der Waals surface area contributed by atoms with E-state index in [4.69, 9.17) is 11.6 Å². The number of carbonyl (C=O) groups excluding carboxylic acids is 2. The quantitative estimate of drug-likeness (QED) is 0.379. The van der Waals surface area contributed by atoms with E-state index in [1.54, 1.807) is 30.3 Å². The Bertz CT molecular complexity index is 1010. The Balaban J connectivity index is 1.65.